The summed E-state index contributed by atoms with van der Waals surface area (Å²) in [6.45, 7) is 1.80. The summed E-state index contributed by atoms with van der Waals surface area (Å²) < 4.78 is 0. The molecule has 7 heteroatoms. The molecule has 0 aromatic heterocycles. The van der Waals surface area contributed by atoms with Crippen molar-refractivity contribution >= 4 is 17.8 Å². The van der Waals surface area contributed by atoms with Crippen molar-refractivity contribution in [3.05, 3.63) is 0 Å². The van der Waals surface area contributed by atoms with Crippen LogP contribution >= 0.6 is 0 Å². The first-order chi connectivity index (χ1) is 10.5. The molecule has 23 heavy (non-hydrogen) atoms. The van der Waals surface area contributed by atoms with Crippen molar-refractivity contribution < 1.29 is 44.3 Å². The number of nitrogens with one attached hydrogen (secondary N) is 2. The van der Waals surface area contributed by atoms with Gasteiger partial charge in [0.05, 0.1) is 12.5 Å². The van der Waals surface area contributed by atoms with E-state index in [1.54, 1.807) is 0 Å². The number of carboxylic acids is 1. The van der Waals surface area contributed by atoms with Crippen LogP contribution < -0.4 is 40.0 Å². The minimum absolute atomic E-state index is 0. The molecule has 0 spiro atoms. The third-order valence-electron chi connectivity index (χ3n) is 3.51. The van der Waals surface area contributed by atoms with E-state index in [2.05, 4.69) is 12.2 Å². The van der Waals surface area contributed by atoms with Gasteiger partial charge in [-0.15, -0.1) is 0 Å². The Morgan fingerprint density at radius 1 is 1.00 bits per heavy atom. The monoisotopic (exact) mass is 335 g/mol. The van der Waals surface area contributed by atoms with Crippen molar-refractivity contribution in [3.8, 4) is 0 Å². The number of hydrogen-bond acceptors (Lipinski definition) is 4. The maximum Gasteiger partial charge on any atom is 1.00 e. The largest absolute Gasteiger partial charge is 1.00 e. The van der Waals surface area contributed by atoms with Crippen molar-refractivity contribution in [3.63, 3.8) is 0 Å². The molecular formula is C16H30N3NaO3. The van der Waals surface area contributed by atoms with E-state index in [1.807, 2.05) is 0 Å². The molecule has 0 aliphatic carbocycles. The number of hydrogen-bond donors (Lipinski definition) is 2. The summed E-state index contributed by atoms with van der Waals surface area (Å²) in [6, 6.07) is 0. The van der Waals surface area contributed by atoms with Crippen LogP contribution in [0.15, 0.2) is 0 Å². The van der Waals surface area contributed by atoms with Gasteiger partial charge in [0, 0.05) is 13.5 Å². The van der Waals surface area contributed by atoms with Crippen molar-refractivity contribution in [2.45, 2.75) is 71.1 Å². The first kappa shape index (κ1) is 24.7. The molecule has 1 amide bonds. The molecule has 128 valence electrons. The van der Waals surface area contributed by atoms with Crippen molar-refractivity contribution in [2.75, 3.05) is 13.6 Å². The summed E-state index contributed by atoms with van der Waals surface area (Å²) in [4.78, 5) is 23.1. The number of guanidine groups is 1. The fourth-order valence-corrected chi connectivity index (χ4v) is 2.16. The summed E-state index contributed by atoms with van der Waals surface area (Å²) in [5, 5.41) is 20.3. The number of amides is 1. The zero-order valence-corrected chi connectivity index (χ0v) is 17.0. The van der Waals surface area contributed by atoms with Gasteiger partial charge in [-0.2, -0.15) is 0 Å². The van der Waals surface area contributed by atoms with E-state index in [0.29, 0.717) is 6.42 Å². The average Bonchev–Trinajstić information content (AvgIpc) is 2.44. The van der Waals surface area contributed by atoms with Crippen LogP contribution in [0.25, 0.3) is 0 Å². The van der Waals surface area contributed by atoms with Crippen molar-refractivity contribution in [1.29, 1.82) is 5.41 Å². The van der Waals surface area contributed by atoms with Gasteiger partial charge in [-0.1, -0.05) is 58.3 Å². The van der Waals surface area contributed by atoms with Gasteiger partial charge in [0.25, 0.3) is 0 Å². The van der Waals surface area contributed by atoms with Crippen molar-refractivity contribution in [1.82, 2.24) is 10.2 Å². The third kappa shape index (κ3) is 16.1. The molecule has 0 heterocycles. The van der Waals surface area contributed by atoms with Crippen LogP contribution in [0.2, 0.25) is 0 Å². The second kappa shape index (κ2) is 16.3. The molecule has 6 nitrogen and oxygen atoms in total. The summed E-state index contributed by atoms with van der Waals surface area (Å²) in [6.07, 6.45) is 11.0. The Bertz CT molecular complexity index is 351. The van der Waals surface area contributed by atoms with Crippen LogP contribution in [0.5, 0.6) is 0 Å². The Morgan fingerprint density at radius 3 is 1.96 bits per heavy atom. The van der Waals surface area contributed by atoms with Crippen molar-refractivity contribution in [2.24, 2.45) is 0 Å². The second-order valence-electron chi connectivity index (χ2n) is 5.70. The number of likely N-dealkylation sites (N-methyl/N-ethyl adjacent to an activating group) is 1. The van der Waals surface area contributed by atoms with Gasteiger partial charge >= 0.3 is 29.6 Å². The van der Waals surface area contributed by atoms with Gasteiger partial charge < -0.3 is 14.8 Å². The van der Waals surface area contributed by atoms with E-state index in [4.69, 9.17) is 5.41 Å². The van der Waals surface area contributed by atoms with Crippen LogP contribution in [0, 0.1) is 5.41 Å². The van der Waals surface area contributed by atoms with Crippen LogP contribution in [-0.4, -0.2) is 36.3 Å². The Balaban J connectivity index is 0. The number of carbonyl (C=O) groups excluding carboxylic acids is 2. The molecular weight excluding hydrogens is 305 g/mol. The Hall–Kier alpha value is -0.590. The van der Waals surface area contributed by atoms with Crippen LogP contribution in [0.4, 0.5) is 0 Å². The minimum atomic E-state index is -1.28. The maximum absolute atomic E-state index is 11.6. The zero-order chi connectivity index (χ0) is 16.8. The molecule has 2 N–H and O–H groups in total. The van der Waals surface area contributed by atoms with E-state index >= 15 is 0 Å². The fraction of sp³-hybridized carbons (Fsp3) is 0.812. The minimum Gasteiger partial charge on any atom is -0.548 e. The van der Waals surface area contributed by atoms with Gasteiger partial charge in [0.2, 0.25) is 5.91 Å². The van der Waals surface area contributed by atoms with Gasteiger partial charge in [0.1, 0.15) is 0 Å². The van der Waals surface area contributed by atoms with Gasteiger partial charge in [-0.3, -0.25) is 15.5 Å². The number of nitrogens with zero attached hydrogens (tertiary/aromatic N) is 1. The fourth-order valence-electron chi connectivity index (χ4n) is 2.16. The SMILES string of the molecule is CCCCCCCCCCCC(=O)NC(=N)N(C)CC(=O)[O-].[Na+]. The summed E-state index contributed by atoms with van der Waals surface area (Å²) in [5.41, 5.74) is 0. The number of unbranched alkanes of at least 4 members (excludes halogenated alkanes) is 8. The predicted octanol–water partition coefficient (Wildman–Crippen LogP) is -1.36. The number of rotatable bonds is 12. The van der Waals surface area contributed by atoms with Crippen LogP contribution in [0.1, 0.15) is 71.1 Å². The second-order valence-corrected chi connectivity index (χ2v) is 5.70. The van der Waals surface area contributed by atoms with E-state index in [9.17, 15) is 14.7 Å². The molecule has 0 aromatic carbocycles. The standard InChI is InChI=1S/C16H31N3O3.Na/c1-3-4-5-6-7-8-9-10-11-12-14(20)18-16(17)19(2)13-15(21)22;/h3-13H2,1-2H3,(H,21,22)(H2,17,18,20);/q;+1/p-1. The van der Waals surface area contributed by atoms with E-state index in [1.165, 1.54) is 45.6 Å². The molecule has 0 radical (unpaired) electrons. The molecule has 0 aliphatic rings. The average molecular weight is 335 g/mol. The smallest absolute Gasteiger partial charge is 0.548 e. The molecule has 0 saturated carbocycles. The van der Waals surface area contributed by atoms with Gasteiger partial charge in [0.15, 0.2) is 5.96 Å². The predicted molar refractivity (Wildman–Crippen MR) is 85.4 cm³/mol. The topological polar surface area (TPSA) is 96.3 Å². The first-order valence-electron chi connectivity index (χ1n) is 8.26. The number of carbonyl (C=O) groups is 2. The van der Waals surface area contributed by atoms with Gasteiger partial charge in [-0.25, -0.2) is 0 Å². The summed E-state index contributed by atoms with van der Waals surface area (Å²) >= 11 is 0. The molecule has 0 aromatic rings. The Labute approximate surface area is 162 Å². The molecule has 0 saturated heterocycles. The summed E-state index contributed by atoms with van der Waals surface area (Å²) in [5.74, 6) is -1.72. The molecule has 0 atom stereocenters. The quantitative estimate of drug-likeness (QED) is 0.199. The molecule has 0 aliphatic heterocycles. The Morgan fingerprint density at radius 2 is 1.48 bits per heavy atom. The van der Waals surface area contributed by atoms with E-state index in [0.717, 1.165) is 24.2 Å². The van der Waals surface area contributed by atoms with E-state index in [-0.39, 0.29) is 41.4 Å². The summed E-state index contributed by atoms with van der Waals surface area (Å²) in [7, 11) is 1.43. The van der Waals surface area contributed by atoms with Crippen LogP contribution in [-0.2, 0) is 9.59 Å². The molecule has 0 bridgehead atoms. The number of carboxylic acid groups (broad SMARTS) is 1. The third-order valence-corrected chi connectivity index (χ3v) is 3.51. The van der Waals surface area contributed by atoms with Crippen LogP contribution in [0.3, 0.4) is 0 Å². The van der Waals surface area contributed by atoms with Gasteiger partial charge in [-0.05, 0) is 6.42 Å². The molecule has 0 fully saturated rings. The normalized spacial score (nSPS) is 9.83. The number of aliphatic carboxylic acids is 1. The Kier molecular flexibility index (Phi) is 17.4. The van der Waals surface area contributed by atoms with E-state index < -0.39 is 12.5 Å². The molecule has 0 rings (SSSR count). The molecule has 0 unspecified atom stereocenters. The zero-order valence-electron chi connectivity index (χ0n) is 15.0. The first-order valence-corrected chi connectivity index (χ1v) is 8.26. The maximum atomic E-state index is 11.6.